The van der Waals surface area contributed by atoms with E-state index in [-0.39, 0.29) is 5.91 Å². The summed E-state index contributed by atoms with van der Waals surface area (Å²) in [5.41, 5.74) is 0.381. The number of nitrogens with one attached hydrogen (secondary N) is 1. The lowest BCUT2D eigenvalue weighted by Crippen LogP contribution is -2.44. The number of carbonyl (C=O) groups is 1. The summed E-state index contributed by atoms with van der Waals surface area (Å²) >= 11 is 0. The Balaban J connectivity index is 1.54. The Morgan fingerprint density at radius 1 is 1.25 bits per heavy atom. The number of amides is 1. The van der Waals surface area contributed by atoms with E-state index in [4.69, 9.17) is 0 Å². The summed E-state index contributed by atoms with van der Waals surface area (Å²) in [6.45, 7) is 6.44. The van der Waals surface area contributed by atoms with E-state index in [0.29, 0.717) is 12.2 Å². The highest BCUT2D eigenvalue weighted by molar-refractivity contribution is 5.91. The first-order valence-corrected chi connectivity index (χ1v) is 7.20. The van der Waals surface area contributed by atoms with Crippen molar-refractivity contribution in [3.63, 3.8) is 0 Å². The summed E-state index contributed by atoms with van der Waals surface area (Å²) in [5.74, 6) is -0.141. The Morgan fingerprint density at radius 3 is 2.65 bits per heavy atom. The fourth-order valence-electron chi connectivity index (χ4n) is 2.28. The number of aromatic nitrogens is 3. The van der Waals surface area contributed by atoms with Crippen LogP contribution < -0.4 is 5.32 Å². The summed E-state index contributed by atoms with van der Waals surface area (Å²) in [7, 11) is 3.92. The minimum absolute atomic E-state index is 0.141. The smallest absolute Gasteiger partial charge is 0.273 e. The van der Waals surface area contributed by atoms with Gasteiger partial charge < -0.3 is 15.1 Å². The standard InChI is InChI=1S/C13H24N6O/c1-17-7-9-19(10-8-17)6-4-3-5-14-13(20)12-11-18(2)16-15-12/h11H,3-10H2,1-2H3,(H,14,20). The van der Waals surface area contributed by atoms with Gasteiger partial charge in [0, 0.05) is 39.8 Å². The molecular weight excluding hydrogens is 256 g/mol. The predicted octanol–water partition coefficient (Wildman–Crippen LogP) is -0.427. The molecule has 0 aliphatic carbocycles. The number of likely N-dealkylation sites (N-methyl/N-ethyl adjacent to an activating group) is 1. The monoisotopic (exact) mass is 280 g/mol. The number of unbranched alkanes of at least 4 members (excludes halogenated alkanes) is 1. The van der Waals surface area contributed by atoms with E-state index in [1.807, 2.05) is 0 Å². The van der Waals surface area contributed by atoms with Crippen molar-refractivity contribution in [1.82, 2.24) is 30.1 Å². The predicted molar refractivity (Wildman–Crippen MR) is 76.5 cm³/mol. The van der Waals surface area contributed by atoms with E-state index in [1.165, 1.54) is 4.68 Å². The molecule has 0 unspecified atom stereocenters. The van der Waals surface area contributed by atoms with Gasteiger partial charge in [-0.3, -0.25) is 9.48 Å². The second kappa shape index (κ2) is 7.35. The molecule has 1 aromatic rings. The molecule has 1 amide bonds. The SMILES string of the molecule is CN1CCN(CCCCNC(=O)c2cn(C)nn2)CC1. The maximum absolute atomic E-state index is 11.7. The van der Waals surface area contributed by atoms with Gasteiger partial charge in [0.2, 0.25) is 0 Å². The first kappa shape index (κ1) is 14.9. The Labute approximate surface area is 119 Å². The normalized spacial score (nSPS) is 17.3. The Bertz CT molecular complexity index is 424. The number of nitrogens with zero attached hydrogens (tertiary/aromatic N) is 5. The van der Waals surface area contributed by atoms with Crippen molar-refractivity contribution in [2.75, 3.05) is 46.3 Å². The quantitative estimate of drug-likeness (QED) is 0.717. The van der Waals surface area contributed by atoms with Crippen LogP contribution in [0.25, 0.3) is 0 Å². The first-order valence-electron chi connectivity index (χ1n) is 7.20. The molecule has 0 saturated carbocycles. The minimum atomic E-state index is -0.141. The molecule has 1 aromatic heterocycles. The maximum Gasteiger partial charge on any atom is 0.273 e. The molecule has 1 N–H and O–H groups in total. The lowest BCUT2D eigenvalue weighted by Gasteiger charge is -2.32. The van der Waals surface area contributed by atoms with Crippen LogP contribution in [0.4, 0.5) is 0 Å². The van der Waals surface area contributed by atoms with Gasteiger partial charge in [-0.2, -0.15) is 0 Å². The third kappa shape index (κ3) is 4.57. The number of carbonyl (C=O) groups excluding carboxylic acids is 1. The van der Waals surface area contributed by atoms with Crippen molar-refractivity contribution in [1.29, 1.82) is 0 Å². The van der Waals surface area contributed by atoms with Crippen LogP contribution in [0.5, 0.6) is 0 Å². The van der Waals surface area contributed by atoms with E-state index < -0.39 is 0 Å². The molecule has 2 heterocycles. The van der Waals surface area contributed by atoms with Gasteiger partial charge in [0.25, 0.3) is 5.91 Å². The molecular formula is C13H24N6O. The van der Waals surface area contributed by atoms with Crippen molar-refractivity contribution in [2.45, 2.75) is 12.8 Å². The van der Waals surface area contributed by atoms with E-state index in [9.17, 15) is 4.79 Å². The van der Waals surface area contributed by atoms with Crippen molar-refractivity contribution in [2.24, 2.45) is 7.05 Å². The van der Waals surface area contributed by atoms with Gasteiger partial charge in [-0.05, 0) is 26.4 Å². The summed E-state index contributed by atoms with van der Waals surface area (Å²) in [5, 5.41) is 10.4. The van der Waals surface area contributed by atoms with Crippen LogP contribution in [0.3, 0.4) is 0 Å². The molecule has 0 aromatic carbocycles. The number of piperazine rings is 1. The lowest BCUT2D eigenvalue weighted by atomic mass is 10.2. The molecule has 0 bridgehead atoms. The Hall–Kier alpha value is -1.47. The summed E-state index contributed by atoms with van der Waals surface area (Å²) < 4.78 is 1.53. The average Bonchev–Trinajstić information content (AvgIpc) is 2.87. The fourth-order valence-corrected chi connectivity index (χ4v) is 2.28. The summed E-state index contributed by atoms with van der Waals surface area (Å²) in [6, 6.07) is 0. The fraction of sp³-hybridized carbons (Fsp3) is 0.769. The van der Waals surface area contributed by atoms with Gasteiger partial charge in [-0.15, -0.1) is 5.10 Å². The zero-order chi connectivity index (χ0) is 14.4. The summed E-state index contributed by atoms with van der Waals surface area (Å²) in [6.07, 6.45) is 3.74. The highest BCUT2D eigenvalue weighted by atomic mass is 16.2. The van der Waals surface area contributed by atoms with E-state index >= 15 is 0 Å². The molecule has 7 heteroatoms. The minimum Gasteiger partial charge on any atom is -0.351 e. The van der Waals surface area contributed by atoms with Crippen LogP contribution in [0.2, 0.25) is 0 Å². The van der Waals surface area contributed by atoms with Crippen LogP contribution in [0.15, 0.2) is 6.20 Å². The first-order chi connectivity index (χ1) is 9.65. The number of aryl methyl sites for hydroxylation is 1. The molecule has 1 saturated heterocycles. The molecule has 0 atom stereocenters. The lowest BCUT2D eigenvalue weighted by molar-refractivity contribution is 0.0947. The zero-order valence-corrected chi connectivity index (χ0v) is 12.4. The van der Waals surface area contributed by atoms with Crippen molar-refractivity contribution < 1.29 is 4.79 Å². The molecule has 112 valence electrons. The molecule has 0 radical (unpaired) electrons. The molecule has 2 rings (SSSR count). The highest BCUT2D eigenvalue weighted by Gasteiger charge is 2.13. The second-order valence-electron chi connectivity index (χ2n) is 5.39. The van der Waals surface area contributed by atoms with Crippen LogP contribution >= 0.6 is 0 Å². The largest absolute Gasteiger partial charge is 0.351 e. The number of rotatable bonds is 6. The molecule has 1 fully saturated rings. The number of hydrogen-bond donors (Lipinski definition) is 1. The van der Waals surface area contributed by atoms with Crippen molar-refractivity contribution in [3.05, 3.63) is 11.9 Å². The highest BCUT2D eigenvalue weighted by Crippen LogP contribution is 2.01. The average molecular weight is 280 g/mol. The maximum atomic E-state index is 11.7. The van der Waals surface area contributed by atoms with E-state index in [0.717, 1.165) is 45.6 Å². The van der Waals surface area contributed by atoms with E-state index in [2.05, 4.69) is 32.5 Å². The zero-order valence-electron chi connectivity index (χ0n) is 12.4. The van der Waals surface area contributed by atoms with Gasteiger partial charge in [-0.1, -0.05) is 5.21 Å². The third-order valence-corrected chi connectivity index (χ3v) is 3.62. The molecule has 1 aliphatic heterocycles. The second-order valence-corrected chi connectivity index (χ2v) is 5.39. The van der Waals surface area contributed by atoms with Gasteiger partial charge in [0.05, 0.1) is 6.20 Å². The van der Waals surface area contributed by atoms with Crippen LogP contribution in [-0.4, -0.2) is 77.0 Å². The molecule has 7 nitrogen and oxygen atoms in total. The van der Waals surface area contributed by atoms with Gasteiger partial charge >= 0.3 is 0 Å². The molecule has 0 spiro atoms. The Morgan fingerprint density at radius 2 is 2.00 bits per heavy atom. The van der Waals surface area contributed by atoms with Crippen LogP contribution in [0, 0.1) is 0 Å². The summed E-state index contributed by atoms with van der Waals surface area (Å²) in [4.78, 5) is 16.6. The number of hydrogen-bond acceptors (Lipinski definition) is 5. The molecule has 1 aliphatic rings. The van der Waals surface area contributed by atoms with E-state index in [1.54, 1.807) is 13.2 Å². The van der Waals surface area contributed by atoms with Crippen molar-refractivity contribution in [3.8, 4) is 0 Å². The third-order valence-electron chi connectivity index (χ3n) is 3.62. The Kier molecular flexibility index (Phi) is 5.49. The topological polar surface area (TPSA) is 66.3 Å². The van der Waals surface area contributed by atoms with Crippen molar-refractivity contribution >= 4 is 5.91 Å². The van der Waals surface area contributed by atoms with Gasteiger partial charge in [0.15, 0.2) is 5.69 Å². The van der Waals surface area contributed by atoms with Gasteiger partial charge in [0.1, 0.15) is 0 Å². The van der Waals surface area contributed by atoms with Gasteiger partial charge in [-0.25, -0.2) is 0 Å². The van der Waals surface area contributed by atoms with Crippen LogP contribution in [-0.2, 0) is 7.05 Å². The van der Waals surface area contributed by atoms with Crippen LogP contribution in [0.1, 0.15) is 23.3 Å². The molecule has 20 heavy (non-hydrogen) atoms.